The van der Waals surface area contributed by atoms with Gasteiger partial charge in [0.1, 0.15) is 0 Å². The van der Waals surface area contributed by atoms with E-state index in [-0.39, 0.29) is 0 Å². The van der Waals surface area contributed by atoms with Gasteiger partial charge in [0.15, 0.2) is 0 Å². The van der Waals surface area contributed by atoms with E-state index >= 15 is 0 Å². The van der Waals surface area contributed by atoms with Gasteiger partial charge in [-0.2, -0.15) is 0 Å². The standard InChI is InChI=1S/C18H34/c1-3-5-7-9-11-13-15-17-18-16-14-12-10-8-6-4-2/h7,9,11,13H,3-6,8,10,12,14-18H2,1-2H3/b9-7+,13-11+. The molecule has 0 saturated carbocycles. The molecule has 0 aromatic heterocycles. The van der Waals surface area contributed by atoms with E-state index in [4.69, 9.17) is 0 Å². The second kappa shape index (κ2) is 16.5. The quantitative estimate of drug-likeness (QED) is 0.248. The Bertz CT molecular complexity index is 188. The molecule has 0 aliphatic heterocycles. The summed E-state index contributed by atoms with van der Waals surface area (Å²) < 4.78 is 0. The zero-order chi connectivity index (χ0) is 13.3. The third-order valence-electron chi connectivity index (χ3n) is 3.31. The number of hydrogen-bond donors (Lipinski definition) is 0. The second-order valence-electron chi connectivity index (χ2n) is 5.26. The smallest absolute Gasteiger partial charge is 0.0348 e. The van der Waals surface area contributed by atoms with Crippen molar-refractivity contribution in [2.75, 3.05) is 0 Å². The molecule has 0 radical (unpaired) electrons. The molecule has 0 fully saturated rings. The maximum absolute atomic E-state index is 2.31. The molecule has 18 heavy (non-hydrogen) atoms. The minimum atomic E-state index is 1.21. The van der Waals surface area contributed by atoms with E-state index in [0.717, 1.165) is 0 Å². The van der Waals surface area contributed by atoms with Crippen molar-refractivity contribution in [2.24, 2.45) is 0 Å². The highest BCUT2D eigenvalue weighted by Crippen LogP contribution is 2.10. The molecular weight excluding hydrogens is 216 g/mol. The van der Waals surface area contributed by atoms with Gasteiger partial charge in [0, 0.05) is 0 Å². The zero-order valence-electron chi connectivity index (χ0n) is 12.8. The van der Waals surface area contributed by atoms with E-state index in [1.807, 2.05) is 0 Å². The first-order valence-electron chi connectivity index (χ1n) is 8.23. The lowest BCUT2D eigenvalue weighted by atomic mass is 10.1. The van der Waals surface area contributed by atoms with E-state index in [1.54, 1.807) is 0 Å². The molecule has 0 amide bonds. The third kappa shape index (κ3) is 15.5. The second-order valence-corrected chi connectivity index (χ2v) is 5.26. The predicted molar refractivity (Wildman–Crippen MR) is 85.0 cm³/mol. The Kier molecular flexibility index (Phi) is 16.0. The zero-order valence-corrected chi connectivity index (χ0v) is 12.8. The first kappa shape index (κ1) is 17.5. The summed E-state index contributed by atoms with van der Waals surface area (Å²) in [5.74, 6) is 0. The fourth-order valence-corrected chi connectivity index (χ4v) is 2.09. The minimum Gasteiger partial charge on any atom is -0.0846 e. The fourth-order valence-electron chi connectivity index (χ4n) is 2.09. The van der Waals surface area contributed by atoms with Crippen LogP contribution in [0.15, 0.2) is 24.3 Å². The van der Waals surface area contributed by atoms with E-state index < -0.39 is 0 Å². The Morgan fingerprint density at radius 3 is 1.56 bits per heavy atom. The molecule has 0 unspecified atom stereocenters. The molecule has 0 atom stereocenters. The Labute approximate surface area is 116 Å². The molecule has 0 heteroatoms. The number of unbranched alkanes of at least 4 members (excludes halogenated alkanes) is 10. The highest BCUT2D eigenvalue weighted by molar-refractivity contribution is 5.02. The molecule has 0 N–H and O–H groups in total. The molecule has 0 aromatic carbocycles. The molecule has 0 aliphatic carbocycles. The van der Waals surface area contributed by atoms with E-state index in [9.17, 15) is 0 Å². The first-order chi connectivity index (χ1) is 8.91. The van der Waals surface area contributed by atoms with Crippen LogP contribution >= 0.6 is 0 Å². The molecule has 0 aliphatic rings. The van der Waals surface area contributed by atoms with Gasteiger partial charge >= 0.3 is 0 Å². The van der Waals surface area contributed by atoms with E-state index in [2.05, 4.69) is 38.2 Å². The Hall–Kier alpha value is -0.520. The Morgan fingerprint density at radius 2 is 1.00 bits per heavy atom. The topological polar surface area (TPSA) is 0 Å². The summed E-state index contributed by atoms with van der Waals surface area (Å²) in [6, 6.07) is 0. The average Bonchev–Trinajstić information content (AvgIpc) is 2.39. The number of rotatable bonds is 13. The first-order valence-corrected chi connectivity index (χ1v) is 8.23. The minimum absolute atomic E-state index is 1.21. The van der Waals surface area contributed by atoms with E-state index in [0.29, 0.717) is 0 Å². The molecular formula is C18H34. The normalized spacial score (nSPS) is 11.9. The van der Waals surface area contributed by atoms with E-state index in [1.165, 1.54) is 77.0 Å². The van der Waals surface area contributed by atoms with Crippen molar-refractivity contribution in [2.45, 2.75) is 90.9 Å². The average molecular weight is 250 g/mol. The summed E-state index contributed by atoms with van der Waals surface area (Å²) in [5, 5.41) is 0. The molecule has 0 bridgehead atoms. The van der Waals surface area contributed by atoms with Crippen LogP contribution in [0, 0.1) is 0 Å². The van der Waals surface area contributed by atoms with Gasteiger partial charge in [-0.25, -0.2) is 0 Å². The summed E-state index contributed by atoms with van der Waals surface area (Å²) >= 11 is 0. The van der Waals surface area contributed by atoms with Gasteiger partial charge in [0.2, 0.25) is 0 Å². The highest BCUT2D eigenvalue weighted by Gasteiger charge is 1.90. The summed E-state index contributed by atoms with van der Waals surface area (Å²) in [7, 11) is 0. The lowest BCUT2D eigenvalue weighted by molar-refractivity contribution is 0.566. The van der Waals surface area contributed by atoms with Crippen LogP contribution in [0.2, 0.25) is 0 Å². The fraction of sp³-hybridized carbons (Fsp3) is 0.778. The summed E-state index contributed by atoms with van der Waals surface area (Å²) in [6.45, 7) is 4.50. The maximum atomic E-state index is 2.31. The third-order valence-corrected chi connectivity index (χ3v) is 3.31. The lowest BCUT2D eigenvalue weighted by Crippen LogP contribution is -1.80. The van der Waals surface area contributed by atoms with Crippen molar-refractivity contribution in [3.63, 3.8) is 0 Å². The van der Waals surface area contributed by atoms with Gasteiger partial charge in [-0.15, -0.1) is 0 Å². The van der Waals surface area contributed by atoms with Gasteiger partial charge in [-0.05, 0) is 19.3 Å². The van der Waals surface area contributed by atoms with Crippen LogP contribution in [0.5, 0.6) is 0 Å². The molecule has 0 heterocycles. The molecule has 106 valence electrons. The van der Waals surface area contributed by atoms with Crippen LogP contribution in [-0.4, -0.2) is 0 Å². The van der Waals surface area contributed by atoms with Crippen LogP contribution in [0.3, 0.4) is 0 Å². The van der Waals surface area contributed by atoms with Crippen LogP contribution in [0.1, 0.15) is 90.9 Å². The Morgan fingerprint density at radius 1 is 0.500 bits per heavy atom. The largest absolute Gasteiger partial charge is 0.0846 e. The molecule has 0 saturated heterocycles. The van der Waals surface area contributed by atoms with Crippen LogP contribution in [0.25, 0.3) is 0 Å². The molecule has 0 rings (SSSR count). The van der Waals surface area contributed by atoms with Gasteiger partial charge in [-0.1, -0.05) is 95.9 Å². The maximum Gasteiger partial charge on any atom is -0.0348 e. The summed E-state index contributed by atoms with van der Waals surface area (Å²) in [6.07, 6.45) is 25.5. The summed E-state index contributed by atoms with van der Waals surface area (Å²) in [5.41, 5.74) is 0. The Balaban J connectivity index is 3.07. The molecule has 0 nitrogen and oxygen atoms in total. The number of allylic oxidation sites excluding steroid dienone is 4. The highest BCUT2D eigenvalue weighted by atomic mass is 14.0. The van der Waals surface area contributed by atoms with Crippen molar-refractivity contribution in [3.8, 4) is 0 Å². The van der Waals surface area contributed by atoms with Crippen molar-refractivity contribution in [1.29, 1.82) is 0 Å². The lowest BCUT2D eigenvalue weighted by Gasteiger charge is -2.00. The number of hydrogen-bond acceptors (Lipinski definition) is 0. The monoisotopic (exact) mass is 250 g/mol. The molecule has 0 spiro atoms. The molecule has 0 aromatic rings. The van der Waals surface area contributed by atoms with Crippen LogP contribution < -0.4 is 0 Å². The van der Waals surface area contributed by atoms with Gasteiger partial charge in [0.05, 0.1) is 0 Å². The van der Waals surface area contributed by atoms with Crippen molar-refractivity contribution in [3.05, 3.63) is 24.3 Å². The summed E-state index contributed by atoms with van der Waals surface area (Å²) in [4.78, 5) is 0. The van der Waals surface area contributed by atoms with Crippen molar-refractivity contribution < 1.29 is 0 Å². The van der Waals surface area contributed by atoms with Gasteiger partial charge in [-0.3, -0.25) is 0 Å². The van der Waals surface area contributed by atoms with Gasteiger partial charge < -0.3 is 0 Å². The van der Waals surface area contributed by atoms with Crippen LogP contribution in [-0.2, 0) is 0 Å². The SMILES string of the molecule is CCC/C=C/C=C/CCCCCCCCCCC. The van der Waals surface area contributed by atoms with Crippen molar-refractivity contribution in [1.82, 2.24) is 0 Å². The predicted octanol–water partition coefficient (Wildman–Crippen LogP) is 6.82. The van der Waals surface area contributed by atoms with Crippen LogP contribution in [0.4, 0.5) is 0 Å². The van der Waals surface area contributed by atoms with Crippen molar-refractivity contribution >= 4 is 0 Å². The van der Waals surface area contributed by atoms with Gasteiger partial charge in [0.25, 0.3) is 0 Å².